The zero-order valence-electron chi connectivity index (χ0n) is 12.3. The standard InChI is InChI=1S/C18H12Cl2O3S/c19-16-10-3-1-6-12(16)14-8-5-9-15(18(14)24(21,22)23)13-7-2-4-11-17(13)20/h1-11H,(H,21,22,23). The normalized spacial score (nSPS) is 11.5. The first-order valence-electron chi connectivity index (χ1n) is 7.00. The molecule has 0 heterocycles. The zero-order valence-corrected chi connectivity index (χ0v) is 14.6. The van der Waals surface area contributed by atoms with Crippen molar-refractivity contribution in [1.82, 2.24) is 0 Å². The van der Waals surface area contributed by atoms with Crippen LogP contribution < -0.4 is 0 Å². The summed E-state index contributed by atoms with van der Waals surface area (Å²) in [6.45, 7) is 0. The molecular formula is C18H12Cl2O3S. The molecule has 6 heteroatoms. The van der Waals surface area contributed by atoms with Crippen molar-refractivity contribution in [2.24, 2.45) is 0 Å². The second-order valence-electron chi connectivity index (χ2n) is 5.12. The molecule has 3 rings (SSSR count). The third kappa shape index (κ3) is 3.19. The molecule has 0 spiro atoms. The summed E-state index contributed by atoms with van der Waals surface area (Å²) < 4.78 is 34.1. The second-order valence-corrected chi connectivity index (χ2v) is 7.29. The lowest BCUT2D eigenvalue weighted by Gasteiger charge is -2.14. The third-order valence-corrected chi connectivity index (χ3v) is 5.22. The fraction of sp³-hybridized carbons (Fsp3) is 0. The molecule has 3 aromatic rings. The van der Waals surface area contributed by atoms with E-state index < -0.39 is 10.1 Å². The van der Waals surface area contributed by atoms with Crippen LogP contribution in [0.1, 0.15) is 0 Å². The van der Waals surface area contributed by atoms with E-state index >= 15 is 0 Å². The van der Waals surface area contributed by atoms with Crippen LogP contribution in [-0.2, 0) is 10.1 Å². The van der Waals surface area contributed by atoms with Crippen LogP contribution in [0.4, 0.5) is 0 Å². The number of benzene rings is 3. The highest BCUT2D eigenvalue weighted by Crippen LogP contribution is 2.40. The van der Waals surface area contributed by atoms with Gasteiger partial charge in [-0.25, -0.2) is 0 Å². The maximum atomic E-state index is 12.1. The van der Waals surface area contributed by atoms with Crippen molar-refractivity contribution in [2.45, 2.75) is 4.90 Å². The Bertz CT molecular complexity index is 951. The van der Waals surface area contributed by atoms with Gasteiger partial charge >= 0.3 is 0 Å². The van der Waals surface area contributed by atoms with Crippen molar-refractivity contribution < 1.29 is 13.0 Å². The summed E-state index contributed by atoms with van der Waals surface area (Å²) in [5, 5.41) is 0.775. The molecule has 24 heavy (non-hydrogen) atoms. The smallest absolute Gasteiger partial charge is 0.282 e. The molecule has 0 aliphatic heterocycles. The van der Waals surface area contributed by atoms with Crippen LogP contribution in [0.2, 0.25) is 10.0 Å². The van der Waals surface area contributed by atoms with Crippen LogP contribution in [0.5, 0.6) is 0 Å². The molecule has 3 aromatic carbocycles. The lowest BCUT2D eigenvalue weighted by atomic mass is 9.98. The van der Waals surface area contributed by atoms with E-state index in [4.69, 9.17) is 23.2 Å². The molecule has 0 amide bonds. The highest BCUT2D eigenvalue weighted by molar-refractivity contribution is 7.86. The Morgan fingerprint density at radius 2 is 1.00 bits per heavy atom. The largest absolute Gasteiger partial charge is 0.295 e. The second kappa shape index (κ2) is 6.57. The van der Waals surface area contributed by atoms with Crippen molar-refractivity contribution >= 4 is 33.3 Å². The van der Waals surface area contributed by atoms with Crippen molar-refractivity contribution in [1.29, 1.82) is 0 Å². The lowest BCUT2D eigenvalue weighted by Crippen LogP contribution is -2.04. The highest BCUT2D eigenvalue weighted by atomic mass is 35.5. The third-order valence-electron chi connectivity index (χ3n) is 3.60. The fourth-order valence-corrected chi connectivity index (χ4v) is 3.99. The molecule has 0 radical (unpaired) electrons. The first-order chi connectivity index (χ1) is 11.4. The van der Waals surface area contributed by atoms with Gasteiger partial charge in [-0.3, -0.25) is 4.55 Å². The summed E-state index contributed by atoms with van der Waals surface area (Å²) in [6.07, 6.45) is 0. The lowest BCUT2D eigenvalue weighted by molar-refractivity contribution is 0.484. The van der Waals surface area contributed by atoms with Crippen molar-refractivity contribution in [2.75, 3.05) is 0 Å². The number of rotatable bonds is 3. The van der Waals surface area contributed by atoms with E-state index in [1.165, 1.54) is 0 Å². The number of hydrogen-bond acceptors (Lipinski definition) is 2. The van der Waals surface area contributed by atoms with E-state index in [0.717, 1.165) is 0 Å². The van der Waals surface area contributed by atoms with Crippen LogP contribution in [-0.4, -0.2) is 13.0 Å². The van der Waals surface area contributed by atoms with Crippen LogP contribution in [0, 0.1) is 0 Å². The van der Waals surface area contributed by atoms with Crippen LogP contribution in [0.15, 0.2) is 71.6 Å². The molecule has 1 N–H and O–H groups in total. The molecule has 0 bridgehead atoms. The van der Waals surface area contributed by atoms with Gasteiger partial charge < -0.3 is 0 Å². The van der Waals surface area contributed by atoms with E-state index in [1.807, 2.05) is 0 Å². The minimum absolute atomic E-state index is 0.216. The monoisotopic (exact) mass is 378 g/mol. The summed E-state index contributed by atoms with van der Waals surface area (Å²) in [5.41, 5.74) is 1.67. The summed E-state index contributed by atoms with van der Waals surface area (Å²) >= 11 is 12.4. The predicted molar refractivity (Wildman–Crippen MR) is 97.1 cm³/mol. The Morgan fingerprint density at radius 1 is 0.625 bits per heavy atom. The maximum Gasteiger partial charge on any atom is 0.295 e. The van der Waals surface area contributed by atoms with E-state index in [0.29, 0.717) is 32.3 Å². The zero-order chi connectivity index (χ0) is 17.3. The van der Waals surface area contributed by atoms with Gasteiger partial charge in [-0.15, -0.1) is 0 Å². The Labute approximate surface area is 150 Å². The molecule has 0 saturated carbocycles. The van der Waals surface area contributed by atoms with E-state index in [9.17, 15) is 13.0 Å². The van der Waals surface area contributed by atoms with Gasteiger partial charge in [-0.1, -0.05) is 77.8 Å². The molecule has 0 unspecified atom stereocenters. The SMILES string of the molecule is O=S(=O)(O)c1c(-c2ccccc2Cl)cccc1-c1ccccc1Cl. The van der Waals surface area contributed by atoms with E-state index in [1.54, 1.807) is 66.7 Å². The Kier molecular flexibility index (Phi) is 4.65. The first kappa shape index (κ1) is 17.0. The minimum atomic E-state index is -4.51. The van der Waals surface area contributed by atoms with Crippen molar-refractivity contribution in [3.8, 4) is 22.3 Å². The van der Waals surface area contributed by atoms with Crippen molar-refractivity contribution in [3.05, 3.63) is 76.8 Å². The number of hydrogen-bond donors (Lipinski definition) is 1. The van der Waals surface area contributed by atoms with E-state index in [2.05, 4.69) is 0 Å². The average molecular weight is 379 g/mol. The molecule has 0 aliphatic rings. The van der Waals surface area contributed by atoms with Gasteiger partial charge in [0.05, 0.1) is 0 Å². The highest BCUT2D eigenvalue weighted by Gasteiger charge is 2.24. The van der Waals surface area contributed by atoms with E-state index in [-0.39, 0.29) is 4.90 Å². The molecule has 0 saturated heterocycles. The van der Waals surface area contributed by atoms with Gasteiger partial charge in [0.25, 0.3) is 10.1 Å². The molecule has 3 nitrogen and oxygen atoms in total. The Morgan fingerprint density at radius 3 is 1.38 bits per heavy atom. The predicted octanol–water partition coefficient (Wildman–Crippen LogP) is 5.57. The van der Waals surface area contributed by atoms with Gasteiger partial charge in [-0.2, -0.15) is 8.42 Å². The minimum Gasteiger partial charge on any atom is -0.282 e. The van der Waals surface area contributed by atoms with Crippen molar-refractivity contribution in [3.63, 3.8) is 0 Å². The van der Waals surface area contributed by atoms with Crippen LogP contribution in [0.25, 0.3) is 22.3 Å². The first-order valence-corrected chi connectivity index (χ1v) is 9.19. The van der Waals surface area contributed by atoms with Gasteiger partial charge in [0.15, 0.2) is 0 Å². The molecule has 0 fully saturated rings. The summed E-state index contributed by atoms with van der Waals surface area (Å²) in [5.74, 6) is 0. The van der Waals surface area contributed by atoms with Gasteiger partial charge in [0, 0.05) is 32.3 Å². The maximum absolute atomic E-state index is 12.1. The molecule has 0 aliphatic carbocycles. The Balaban J connectivity index is 2.40. The molecule has 0 atom stereocenters. The van der Waals surface area contributed by atoms with Gasteiger partial charge in [-0.05, 0) is 12.1 Å². The summed E-state index contributed by atoms with van der Waals surface area (Å²) in [6, 6.07) is 18.6. The molecule has 122 valence electrons. The fourth-order valence-electron chi connectivity index (χ4n) is 2.60. The Hall–Kier alpha value is -1.85. The van der Waals surface area contributed by atoms with Gasteiger partial charge in [0.1, 0.15) is 4.90 Å². The molecule has 0 aromatic heterocycles. The van der Waals surface area contributed by atoms with Crippen LogP contribution >= 0.6 is 23.2 Å². The summed E-state index contributed by atoms with van der Waals surface area (Å²) in [4.78, 5) is -0.216. The van der Waals surface area contributed by atoms with Gasteiger partial charge in [0.2, 0.25) is 0 Å². The average Bonchev–Trinajstić information content (AvgIpc) is 2.54. The summed E-state index contributed by atoms with van der Waals surface area (Å²) in [7, 11) is -4.51. The quantitative estimate of drug-likeness (QED) is 0.605. The molecular weight excluding hydrogens is 367 g/mol. The number of halogens is 2. The van der Waals surface area contributed by atoms with Crippen LogP contribution in [0.3, 0.4) is 0 Å². The topological polar surface area (TPSA) is 54.4 Å².